The summed E-state index contributed by atoms with van der Waals surface area (Å²) in [6.07, 6.45) is 0. The first-order valence-corrected chi connectivity index (χ1v) is 9.15. The van der Waals surface area contributed by atoms with E-state index >= 15 is 0 Å². The lowest BCUT2D eigenvalue weighted by Gasteiger charge is -2.39. The maximum absolute atomic E-state index is 11.0. The van der Waals surface area contributed by atoms with Crippen LogP contribution in [0, 0.1) is 5.92 Å². The van der Waals surface area contributed by atoms with Gasteiger partial charge in [-0.15, -0.1) is 0 Å². The highest BCUT2D eigenvalue weighted by molar-refractivity contribution is 5.76. The zero-order valence-electron chi connectivity index (χ0n) is 15.2. The summed E-state index contributed by atoms with van der Waals surface area (Å²) in [5.41, 5.74) is 4.56. The summed E-state index contributed by atoms with van der Waals surface area (Å²) in [7, 11) is 0. The van der Waals surface area contributed by atoms with E-state index in [1.807, 2.05) is 12.1 Å². The molecular weight excluding hydrogens is 328 g/mol. The maximum atomic E-state index is 11.0. The van der Waals surface area contributed by atoms with Gasteiger partial charge in [0.05, 0.1) is 18.2 Å². The van der Waals surface area contributed by atoms with E-state index in [1.165, 1.54) is 5.56 Å². The largest absolute Gasteiger partial charge is 0.490 e. The monoisotopic (exact) mass is 352 g/mol. The number of anilines is 3. The second-order valence-electron chi connectivity index (χ2n) is 7.34. The average molecular weight is 352 g/mol. The van der Waals surface area contributed by atoms with Crippen molar-refractivity contribution in [1.29, 1.82) is 0 Å². The van der Waals surface area contributed by atoms with Gasteiger partial charge in [0.2, 0.25) is 0 Å². The van der Waals surface area contributed by atoms with Gasteiger partial charge in [-0.3, -0.25) is 4.79 Å². The van der Waals surface area contributed by atoms with Crippen molar-refractivity contribution < 1.29 is 14.6 Å². The van der Waals surface area contributed by atoms with E-state index in [2.05, 4.69) is 54.0 Å². The lowest BCUT2D eigenvalue weighted by atomic mass is 9.99. The summed E-state index contributed by atoms with van der Waals surface area (Å²) < 4.78 is 5.90. The van der Waals surface area contributed by atoms with Gasteiger partial charge in [0.15, 0.2) is 0 Å². The van der Waals surface area contributed by atoms with E-state index in [1.54, 1.807) is 0 Å². The number of hydrogen-bond acceptors (Lipinski definition) is 4. The molecule has 0 amide bonds. The van der Waals surface area contributed by atoms with Gasteiger partial charge in [-0.25, -0.2) is 0 Å². The van der Waals surface area contributed by atoms with Crippen molar-refractivity contribution in [1.82, 2.24) is 0 Å². The van der Waals surface area contributed by atoms with Crippen LogP contribution in [0.4, 0.5) is 17.1 Å². The van der Waals surface area contributed by atoms with Crippen LogP contribution in [0.25, 0.3) is 0 Å². The highest BCUT2D eigenvalue weighted by Crippen LogP contribution is 2.39. The predicted molar refractivity (Wildman–Crippen MR) is 103 cm³/mol. The molecule has 2 aliphatic heterocycles. The summed E-state index contributed by atoms with van der Waals surface area (Å²) in [4.78, 5) is 15.4. The van der Waals surface area contributed by atoms with Crippen LogP contribution >= 0.6 is 0 Å². The molecule has 0 aliphatic carbocycles. The van der Waals surface area contributed by atoms with E-state index in [4.69, 9.17) is 9.84 Å². The Bertz CT molecular complexity index is 828. The second-order valence-corrected chi connectivity index (χ2v) is 7.34. The average Bonchev–Trinajstić information content (AvgIpc) is 2.59. The molecule has 2 aromatic carbocycles. The van der Waals surface area contributed by atoms with Gasteiger partial charge in [-0.2, -0.15) is 0 Å². The van der Waals surface area contributed by atoms with Crippen LogP contribution in [-0.2, 0) is 4.79 Å². The van der Waals surface area contributed by atoms with Gasteiger partial charge >= 0.3 is 5.97 Å². The first kappa shape index (κ1) is 16.8. The maximum Gasteiger partial charge on any atom is 0.310 e. The van der Waals surface area contributed by atoms with Crippen molar-refractivity contribution in [2.45, 2.75) is 19.8 Å². The Balaban J connectivity index is 1.60. The Morgan fingerprint density at radius 3 is 2.65 bits per heavy atom. The number of aliphatic carboxylic acids is 1. The number of fused-ring (bicyclic) bond motifs is 1. The van der Waals surface area contributed by atoms with Crippen molar-refractivity contribution in [3.8, 4) is 5.75 Å². The molecule has 0 radical (unpaired) electrons. The molecule has 136 valence electrons. The summed E-state index contributed by atoms with van der Waals surface area (Å²) in [5.74, 6) is 0.441. The van der Waals surface area contributed by atoms with Crippen LogP contribution < -0.4 is 14.5 Å². The van der Waals surface area contributed by atoms with Crippen molar-refractivity contribution in [3.05, 3.63) is 48.0 Å². The van der Waals surface area contributed by atoms with Crippen LogP contribution in [0.3, 0.4) is 0 Å². The lowest BCUT2D eigenvalue weighted by Crippen LogP contribution is -2.50. The molecule has 0 atom stereocenters. The summed E-state index contributed by atoms with van der Waals surface area (Å²) >= 11 is 0. The van der Waals surface area contributed by atoms with Gasteiger partial charge < -0.3 is 19.6 Å². The minimum absolute atomic E-state index is 0.253. The fourth-order valence-electron chi connectivity index (χ4n) is 3.57. The molecule has 0 unspecified atom stereocenters. The van der Waals surface area contributed by atoms with Crippen LogP contribution in [-0.4, -0.2) is 37.3 Å². The third kappa shape index (κ3) is 2.98. The van der Waals surface area contributed by atoms with Crippen molar-refractivity contribution in [2.24, 2.45) is 5.92 Å². The Hall–Kier alpha value is -2.69. The highest BCUT2D eigenvalue weighted by atomic mass is 16.5. The first-order chi connectivity index (χ1) is 12.5. The lowest BCUT2D eigenvalue weighted by molar-refractivity contribution is -0.142. The van der Waals surface area contributed by atoms with E-state index in [9.17, 15) is 4.79 Å². The van der Waals surface area contributed by atoms with Gasteiger partial charge in [-0.05, 0) is 41.8 Å². The number of carboxylic acids is 1. The topological polar surface area (TPSA) is 53.0 Å². The molecule has 1 fully saturated rings. The molecule has 5 nitrogen and oxygen atoms in total. The number of nitrogens with zero attached hydrogens (tertiary/aromatic N) is 2. The summed E-state index contributed by atoms with van der Waals surface area (Å²) in [6.45, 7) is 6.98. The highest BCUT2D eigenvalue weighted by Gasteiger charge is 2.33. The normalized spacial score (nSPS) is 16.9. The molecule has 2 heterocycles. The quantitative estimate of drug-likeness (QED) is 0.905. The van der Waals surface area contributed by atoms with E-state index in [0.29, 0.717) is 25.6 Å². The third-order valence-electron chi connectivity index (χ3n) is 5.25. The summed E-state index contributed by atoms with van der Waals surface area (Å²) in [5, 5.41) is 9.08. The second kappa shape index (κ2) is 6.56. The van der Waals surface area contributed by atoms with Crippen LogP contribution in [0.15, 0.2) is 42.5 Å². The van der Waals surface area contributed by atoms with Gasteiger partial charge in [0, 0.05) is 24.5 Å². The van der Waals surface area contributed by atoms with Gasteiger partial charge in [-0.1, -0.05) is 26.0 Å². The Morgan fingerprint density at radius 2 is 1.92 bits per heavy atom. The van der Waals surface area contributed by atoms with E-state index < -0.39 is 5.97 Å². The van der Waals surface area contributed by atoms with Crippen LogP contribution in [0.5, 0.6) is 5.75 Å². The van der Waals surface area contributed by atoms with Crippen molar-refractivity contribution >= 4 is 23.0 Å². The molecule has 4 rings (SSSR count). The molecule has 5 heteroatoms. The molecule has 1 saturated heterocycles. The van der Waals surface area contributed by atoms with E-state index in [0.717, 1.165) is 29.4 Å². The fourth-order valence-corrected chi connectivity index (χ4v) is 3.57. The first-order valence-electron chi connectivity index (χ1n) is 9.15. The van der Waals surface area contributed by atoms with Crippen LogP contribution in [0.1, 0.15) is 25.3 Å². The SMILES string of the molecule is CC(C)c1ccc2c(c1)OCCN2c1cccc(N2CC(C(=O)O)C2)c1. The number of ether oxygens (including phenoxy) is 1. The van der Waals surface area contributed by atoms with E-state index in [-0.39, 0.29) is 5.92 Å². The standard InChI is InChI=1S/C21H24N2O3/c1-14(2)15-6-7-19-20(10-15)26-9-8-23(19)18-5-3-4-17(11-18)22-12-16(13-22)21(24)25/h3-7,10-11,14,16H,8-9,12-13H2,1-2H3,(H,24,25). The van der Waals surface area contributed by atoms with Crippen molar-refractivity contribution in [3.63, 3.8) is 0 Å². The summed E-state index contributed by atoms with van der Waals surface area (Å²) in [6, 6.07) is 14.8. The Kier molecular flexibility index (Phi) is 4.23. The molecule has 2 aromatic rings. The third-order valence-corrected chi connectivity index (χ3v) is 5.25. The fraction of sp³-hybridized carbons (Fsp3) is 0.381. The number of rotatable bonds is 4. The molecule has 0 spiro atoms. The number of hydrogen-bond donors (Lipinski definition) is 1. The number of carbonyl (C=O) groups is 1. The molecule has 0 bridgehead atoms. The van der Waals surface area contributed by atoms with Gasteiger partial charge in [0.1, 0.15) is 12.4 Å². The van der Waals surface area contributed by atoms with Gasteiger partial charge in [0.25, 0.3) is 0 Å². The Labute approximate surface area is 153 Å². The minimum atomic E-state index is -0.708. The zero-order valence-corrected chi connectivity index (χ0v) is 15.2. The molecular formula is C21H24N2O3. The predicted octanol–water partition coefficient (Wildman–Crippen LogP) is 3.86. The molecule has 26 heavy (non-hydrogen) atoms. The minimum Gasteiger partial charge on any atom is -0.490 e. The van der Waals surface area contributed by atoms with Crippen molar-refractivity contribution in [2.75, 3.05) is 36.0 Å². The number of carboxylic acid groups (broad SMARTS) is 1. The zero-order chi connectivity index (χ0) is 18.3. The van der Waals surface area contributed by atoms with Crippen LogP contribution in [0.2, 0.25) is 0 Å². The molecule has 2 aliphatic rings. The molecule has 0 saturated carbocycles. The molecule has 1 N–H and O–H groups in total. The Morgan fingerprint density at radius 1 is 1.15 bits per heavy atom. The number of benzene rings is 2. The smallest absolute Gasteiger partial charge is 0.310 e. The molecule has 0 aromatic heterocycles.